The number of amides is 1. The molecule has 2 N–H and O–H groups in total. The molecule has 24 heavy (non-hydrogen) atoms. The Labute approximate surface area is 146 Å². The van der Waals surface area contributed by atoms with Gasteiger partial charge in [-0.05, 0) is 37.6 Å². The Morgan fingerprint density at radius 3 is 2.62 bits per heavy atom. The number of hydrogen-bond acceptors (Lipinski definition) is 5. The van der Waals surface area contributed by atoms with E-state index >= 15 is 0 Å². The van der Waals surface area contributed by atoms with Crippen molar-refractivity contribution in [2.75, 3.05) is 31.6 Å². The number of hydrogen-bond donors (Lipinski definition) is 2. The number of sulfone groups is 1. The smallest absolute Gasteiger partial charge is 0.241 e. The molecule has 0 radical (unpaired) electrons. The Bertz CT molecular complexity index is 674. The third-order valence-corrected chi connectivity index (χ3v) is 7.30. The fraction of sp³-hybridized carbons (Fsp3) is 0.562. The van der Waals surface area contributed by atoms with Crippen molar-refractivity contribution < 1.29 is 17.6 Å². The molecule has 0 aliphatic carbocycles. The molecule has 0 atom stereocenters. The first-order chi connectivity index (χ1) is 11.4. The van der Waals surface area contributed by atoms with E-state index in [2.05, 4.69) is 10.6 Å². The van der Waals surface area contributed by atoms with Gasteiger partial charge in [0.05, 0.1) is 0 Å². The standard InChI is InChI=1S/C16H23FN2O3S2/c1-24(21,22)16(6-8-18-9-7-16)15(20)19-10-11-23-12-13-4-2-3-5-14(13)17/h2-5,18H,6-12H2,1H3,(H,19,20). The van der Waals surface area contributed by atoms with Gasteiger partial charge >= 0.3 is 0 Å². The molecule has 1 fully saturated rings. The van der Waals surface area contributed by atoms with Crippen LogP contribution in [-0.2, 0) is 20.4 Å². The molecule has 1 aromatic rings. The van der Waals surface area contributed by atoms with Crippen molar-refractivity contribution in [1.82, 2.24) is 10.6 Å². The minimum atomic E-state index is -3.49. The number of carbonyl (C=O) groups excluding carboxylic acids is 1. The van der Waals surface area contributed by atoms with Crippen molar-refractivity contribution in [3.63, 3.8) is 0 Å². The maximum atomic E-state index is 13.5. The lowest BCUT2D eigenvalue weighted by Crippen LogP contribution is -2.57. The van der Waals surface area contributed by atoms with Crippen LogP contribution in [0.3, 0.4) is 0 Å². The number of carbonyl (C=O) groups is 1. The first kappa shape index (κ1) is 19.2. The van der Waals surface area contributed by atoms with Crippen molar-refractivity contribution in [3.05, 3.63) is 35.6 Å². The summed E-state index contributed by atoms with van der Waals surface area (Å²) in [5.74, 6) is 0.458. The molecule has 0 bridgehead atoms. The largest absolute Gasteiger partial charge is 0.354 e. The molecule has 1 amide bonds. The zero-order valence-electron chi connectivity index (χ0n) is 13.7. The van der Waals surface area contributed by atoms with Gasteiger partial charge in [0.25, 0.3) is 0 Å². The van der Waals surface area contributed by atoms with E-state index in [1.807, 2.05) is 0 Å². The lowest BCUT2D eigenvalue weighted by atomic mass is 9.96. The highest BCUT2D eigenvalue weighted by Crippen LogP contribution is 2.28. The molecule has 1 aromatic carbocycles. The molecule has 0 spiro atoms. The molecular weight excluding hydrogens is 351 g/mol. The lowest BCUT2D eigenvalue weighted by Gasteiger charge is -2.34. The summed E-state index contributed by atoms with van der Waals surface area (Å²) in [6, 6.07) is 6.58. The fourth-order valence-corrected chi connectivity index (χ4v) is 4.99. The van der Waals surface area contributed by atoms with Crippen LogP contribution in [0.25, 0.3) is 0 Å². The minimum absolute atomic E-state index is 0.236. The third kappa shape index (κ3) is 4.49. The van der Waals surface area contributed by atoms with Gasteiger partial charge in [-0.2, -0.15) is 11.8 Å². The van der Waals surface area contributed by atoms with E-state index in [0.29, 0.717) is 49.5 Å². The van der Waals surface area contributed by atoms with Crippen LogP contribution in [0, 0.1) is 5.82 Å². The predicted molar refractivity (Wildman–Crippen MR) is 95.3 cm³/mol. The van der Waals surface area contributed by atoms with E-state index < -0.39 is 20.5 Å². The molecule has 1 aliphatic rings. The Hall–Kier alpha value is -1.12. The van der Waals surface area contributed by atoms with Gasteiger partial charge in [-0.1, -0.05) is 18.2 Å². The molecule has 0 saturated carbocycles. The molecular formula is C16H23FN2O3S2. The second-order valence-corrected chi connectivity index (χ2v) is 9.35. The summed E-state index contributed by atoms with van der Waals surface area (Å²) in [4.78, 5) is 12.5. The van der Waals surface area contributed by atoms with Crippen LogP contribution in [0.2, 0.25) is 0 Å². The van der Waals surface area contributed by atoms with E-state index in [0.717, 1.165) is 6.26 Å². The van der Waals surface area contributed by atoms with Crippen LogP contribution in [0.1, 0.15) is 18.4 Å². The molecule has 5 nitrogen and oxygen atoms in total. The van der Waals surface area contributed by atoms with Gasteiger partial charge in [0.2, 0.25) is 5.91 Å². The van der Waals surface area contributed by atoms with Gasteiger partial charge in [0.1, 0.15) is 5.82 Å². The molecule has 0 unspecified atom stereocenters. The van der Waals surface area contributed by atoms with Gasteiger partial charge in [0.15, 0.2) is 14.6 Å². The van der Waals surface area contributed by atoms with Crippen molar-refractivity contribution in [1.29, 1.82) is 0 Å². The van der Waals surface area contributed by atoms with E-state index in [-0.39, 0.29) is 5.82 Å². The van der Waals surface area contributed by atoms with Gasteiger partial charge < -0.3 is 10.6 Å². The highest BCUT2D eigenvalue weighted by atomic mass is 32.2. The van der Waals surface area contributed by atoms with E-state index in [4.69, 9.17) is 0 Å². The average Bonchev–Trinajstić information content (AvgIpc) is 2.55. The van der Waals surface area contributed by atoms with Crippen LogP contribution < -0.4 is 10.6 Å². The second-order valence-electron chi connectivity index (χ2n) is 5.92. The van der Waals surface area contributed by atoms with Gasteiger partial charge in [-0.25, -0.2) is 12.8 Å². The maximum absolute atomic E-state index is 13.5. The summed E-state index contributed by atoms with van der Waals surface area (Å²) in [5.41, 5.74) is 0.625. The Kier molecular flexibility index (Phi) is 6.65. The number of piperidine rings is 1. The predicted octanol–water partition coefficient (Wildman–Crippen LogP) is 1.34. The topological polar surface area (TPSA) is 75.3 Å². The molecule has 8 heteroatoms. The molecule has 2 rings (SSSR count). The normalized spacial score (nSPS) is 17.4. The third-order valence-electron chi connectivity index (χ3n) is 4.28. The first-order valence-corrected chi connectivity index (χ1v) is 10.9. The summed E-state index contributed by atoms with van der Waals surface area (Å²) < 4.78 is 36.4. The van der Waals surface area contributed by atoms with E-state index in [1.54, 1.807) is 18.2 Å². The lowest BCUT2D eigenvalue weighted by molar-refractivity contribution is -0.124. The highest BCUT2D eigenvalue weighted by Gasteiger charge is 2.48. The second kappa shape index (κ2) is 8.31. The van der Waals surface area contributed by atoms with Crippen molar-refractivity contribution in [2.24, 2.45) is 0 Å². The van der Waals surface area contributed by atoms with Crippen molar-refractivity contribution >= 4 is 27.5 Å². The Morgan fingerprint density at radius 2 is 2.00 bits per heavy atom. The van der Waals surface area contributed by atoms with Crippen LogP contribution in [0.5, 0.6) is 0 Å². The summed E-state index contributed by atoms with van der Waals surface area (Å²) in [7, 11) is -3.49. The molecule has 1 aliphatic heterocycles. The fourth-order valence-electron chi connectivity index (χ4n) is 2.79. The number of halogens is 1. The monoisotopic (exact) mass is 374 g/mol. The highest BCUT2D eigenvalue weighted by molar-refractivity contribution is 7.98. The van der Waals surface area contributed by atoms with Gasteiger partial charge in [-0.3, -0.25) is 4.79 Å². The maximum Gasteiger partial charge on any atom is 0.241 e. The number of nitrogens with one attached hydrogen (secondary N) is 2. The van der Waals surface area contributed by atoms with Crippen LogP contribution in [0.15, 0.2) is 24.3 Å². The number of benzene rings is 1. The van der Waals surface area contributed by atoms with Gasteiger partial charge in [0, 0.05) is 24.3 Å². The summed E-state index contributed by atoms with van der Waals surface area (Å²) in [6.07, 6.45) is 1.71. The van der Waals surface area contributed by atoms with Gasteiger partial charge in [-0.15, -0.1) is 0 Å². The van der Waals surface area contributed by atoms with Crippen molar-refractivity contribution in [2.45, 2.75) is 23.3 Å². The SMILES string of the molecule is CS(=O)(=O)C1(C(=O)NCCSCc2ccccc2F)CCNCC1. The Balaban J connectivity index is 1.82. The number of thioether (sulfide) groups is 1. The van der Waals surface area contributed by atoms with Crippen LogP contribution in [0.4, 0.5) is 4.39 Å². The summed E-state index contributed by atoms with van der Waals surface area (Å²) >= 11 is 1.50. The van der Waals surface area contributed by atoms with Crippen LogP contribution in [-0.4, -0.2) is 50.7 Å². The van der Waals surface area contributed by atoms with Crippen molar-refractivity contribution in [3.8, 4) is 0 Å². The zero-order valence-corrected chi connectivity index (χ0v) is 15.3. The average molecular weight is 375 g/mol. The first-order valence-electron chi connectivity index (χ1n) is 7.86. The quantitative estimate of drug-likeness (QED) is 0.705. The summed E-state index contributed by atoms with van der Waals surface area (Å²) in [5, 5.41) is 5.82. The molecule has 1 saturated heterocycles. The molecule has 0 aromatic heterocycles. The van der Waals surface area contributed by atoms with E-state index in [9.17, 15) is 17.6 Å². The number of rotatable bonds is 7. The summed E-state index contributed by atoms with van der Waals surface area (Å²) in [6.45, 7) is 1.40. The minimum Gasteiger partial charge on any atom is -0.354 e. The van der Waals surface area contributed by atoms with Crippen LogP contribution >= 0.6 is 11.8 Å². The zero-order chi connectivity index (χ0) is 17.6. The van der Waals surface area contributed by atoms with E-state index in [1.165, 1.54) is 17.8 Å². The Morgan fingerprint density at radius 1 is 1.33 bits per heavy atom. The molecule has 1 heterocycles. The molecule has 134 valence electrons.